The number of carbonyl (C=O) groups is 1. The Morgan fingerprint density at radius 1 is 1.16 bits per heavy atom. The lowest BCUT2D eigenvalue weighted by Gasteiger charge is -2.19. The van der Waals surface area contributed by atoms with Crippen LogP contribution in [-0.2, 0) is 12.1 Å². The van der Waals surface area contributed by atoms with Gasteiger partial charge < -0.3 is 10.6 Å². The van der Waals surface area contributed by atoms with Crippen molar-refractivity contribution in [2.75, 3.05) is 10.6 Å². The number of amides is 1. The normalized spacial score (nSPS) is 11.5. The molecule has 31 heavy (non-hydrogen) atoms. The molecule has 0 aliphatic carbocycles. The van der Waals surface area contributed by atoms with Crippen LogP contribution >= 0.6 is 0 Å². The van der Waals surface area contributed by atoms with E-state index in [-0.39, 0.29) is 17.0 Å². The van der Waals surface area contributed by atoms with Crippen LogP contribution in [0.25, 0.3) is 11.0 Å². The molecule has 3 aromatic heterocycles. The predicted octanol–water partition coefficient (Wildman–Crippen LogP) is 3.13. The number of anilines is 2. The predicted molar refractivity (Wildman–Crippen MR) is 119 cm³/mol. The number of aromatic nitrogens is 5. The maximum absolute atomic E-state index is 12.4. The first-order valence-corrected chi connectivity index (χ1v) is 9.84. The summed E-state index contributed by atoms with van der Waals surface area (Å²) < 4.78 is 1.73. The number of H-pyrrole nitrogens is 1. The number of fused-ring (bicyclic) bond motifs is 1. The average Bonchev–Trinajstić information content (AvgIpc) is 3.18. The Bertz CT molecular complexity index is 1290. The smallest absolute Gasteiger partial charge is 0.263 e. The van der Waals surface area contributed by atoms with E-state index in [0.717, 1.165) is 5.56 Å². The van der Waals surface area contributed by atoms with E-state index >= 15 is 0 Å². The van der Waals surface area contributed by atoms with Crippen molar-refractivity contribution in [2.24, 2.45) is 0 Å². The topological polar surface area (TPSA) is 118 Å². The summed E-state index contributed by atoms with van der Waals surface area (Å²) in [5.74, 6) is 0.147. The highest BCUT2D eigenvalue weighted by molar-refractivity contribution is 6.04. The lowest BCUT2D eigenvalue weighted by Crippen LogP contribution is -2.24. The Hall–Kier alpha value is -4.01. The number of hydrogen-bond donors (Lipinski definition) is 3. The van der Waals surface area contributed by atoms with E-state index < -0.39 is 0 Å². The second-order valence-corrected chi connectivity index (χ2v) is 8.12. The Morgan fingerprint density at radius 3 is 2.68 bits per heavy atom. The second kappa shape index (κ2) is 8.02. The average molecular weight is 417 g/mol. The van der Waals surface area contributed by atoms with E-state index in [1.54, 1.807) is 29.2 Å². The maximum Gasteiger partial charge on any atom is 0.263 e. The van der Waals surface area contributed by atoms with E-state index in [1.807, 2.05) is 45.0 Å². The van der Waals surface area contributed by atoms with Gasteiger partial charge in [-0.05, 0) is 50.6 Å². The minimum absolute atomic E-state index is 0.209. The molecular weight excluding hydrogens is 394 g/mol. The molecule has 0 spiro atoms. The highest BCUT2D eigenvalue weighted by Crippen LogP contribution is 2.19. The molecule has 0 saturated carbocycles. The summed E-state index contributed by atoms with van der Waals surface area (Å²) in [4.78, 5) is 36.0. The fraction of sp³-hybridized carbons (Fsp3) is 0.227. The Labute approximate surface area is 178 Å². The van der Waals surface area contributed by atoms with E-state index in [1.165, 1.54) is 6.20 Å². The molecule has 0 aliphatic rings. The van der Waals surface area contributed by atoms with E-state index in [4.69, 9.17) is 0 Å². The third-order valence-electron chi connectivity index (χ3n) is 4.66. The molecule has 0 radical (unpaired) electrons. The molecular formula is C22H23N7O2. The molecule has 3 N–H and O–H groups in total. The summed E-state index contributed by atoms with van der Waals surface area (Å²) in [5, 5.41) is 10.8. The zero-order valence-corrected chi connectivity index (χ0v) is 17.5. The molecule has 4 aromatic rings. The number of benzene rings is 1. The van der Waals surface area contributed by atoms with Crippen LogP contribution in [0.15, 0.2) is 59.8 Å². The monoisotopic (exact) mass is 417 g/mol. The first-order valence-electron chi connectivity index (χ1n) is 9.84. The van der Waals surface area contributed by atoms with Crippen LogP contribution in [-0.4, -0.2) is 30.6 Å². The van der Waals surface area contributed by atoms with Crippen LogP contribution in [0.3, 0.4) is 0 Å². The van der Waals surface area contributed by atoms with Crippen LogP contribution < -0.4 is 16.2 Å². The summed E-state index contributed by atoms with van der Waals surface area (Å²) in [6.07, 6.45) is 4.68. The number of carbonyl (C=O) groups excluding carboxylic acids is 1. The lowest BCUT2D eigenvalue weighted by atomic mass is 10.1. The van der Waals surface area contributed by atoms with Crippen molar-refractivity contribution in [3.05, 3.63) is 76.5 Å². The summed E-state index contributed by atoms with van der Waals surface area (Å²) in [5.41, 5.74) is 2.09. The van der Waals surface area contributed by atoms with E-state index in [0.29, 0.717) is 34.8 Å². The summed E-state index contributed by atoms with van der Waals surface area (Å²) in [7, 11) is 0. The molecule has 0 aliphatic heterocycles. The van der Waals surface area contributed by atoms with Gasteiger partial charge in [0.05, 0.1) is 11.7 Å². The van der Waals surface area contributed by atoms with E-state index in [9.17, 15) is 9.59 Å². The Kier molecular flexibility index (Phi) is 5.24. The highest BCUT2D eigenvalue weighted by Gasteiger charge is 2.19. The largest absolute Gasteiger partial charge is 0.352 e. The zero-order chi connectivity index (χ0) is 22.0. The van der Waals surface area contributed by atoms with Gasteiger partial charge in [0, 0.05) is 30.2 Å². The van der Waals surface area contributed by atoms with Crippen LogP contribution in [0.5, 0.6) is 0 Å². The number of nitrogens with one attached hydrogen (secondary N) is 3. The first-order chi connectivity index (χ1) is 14.8. The van der Waals surface area contributed by atoms with Gasteiger partial charge >= 0.3 is 0 Å². The van der Waals surface area contributed by atoms with Gasteiger partial charge in [-0.15, -0.1) is 0 Å². The molecule has 0 saturated heterocycles. The fourth-order valence-electron chi connectivity index (χ4n) is 3.14. The van der Waals surface area contributed by atoms with Crippen molar-refractivity contribution in [1.29, 1.82) is 0 Å². The number of pyridine rings is 1. The van der Waals surface area contributed by atoms with Crippen LogP contribution in [0.4, 0.5) is 11.6 Å². The van der Waals surface area contributed by atoms with Gasteiger partial charge in [0.1, 0.15) is 5.39 Å². The maximum atomic E-state index is 12.4. The van der Waals surface area contributed by atoms with Crippen LogP contribution in [0.2, 0.25) is 0 Å². The van der Waals surface area contributed by atoms with Crippen LogP contribution in [0, 0.1) is 0 Å². The van der Waals surface area contributed by atoms with Crippen molar-refractivity contribution in [2.45, 2.75) is 32.9 Å². The molecule has 1 aromatic carbocycles. The van der Waals surface area contributed by atoms with Crippen molar-refractivity contribution < 1.29 is 4.79 Å². The van der Waals surface area contributed by atoms with Crippen molar-refractivity contribution in [1.82, 2.24) is 24.7 Å². The number of aromatic amines is 1. The fourth-order valence-corrected chi connectivity index (χ4v) is 3.14. The minimum Gasteiger partial charge on any atom is -0.352 e. The van der Waals surface area contributed by atoms with Crippen LogP contribution in [0.1, 0.15) is 36.7 Å². The number of hydrogen-bond acceptors (Lipinski definition) is 6. The van der Waals surface area contributed by atoms with Crippen molar-refractivity contribution in [3.8, 4) is 0 Å². The summed E-state index contributed by atoms with van der Waals surface area (Å²) >= 11 is 0. The molecule has 4 rings (SSSR count). The summed E-state index contributed by atoms with van der Waals surface area (Å²) in [6.45, 7) is 6.42. The zero-order valence-electron chi connectivity index (χ0n) is 17.5. The lowest BCUT2D eigenvalue weighted by molar-refractivity contribution is 0.102. The van der Waals surface area contributed by atoms with Gasteiger partial charge in [-0.1, -0.05) is 12.1 Å². The number of rotatable bonds is 5. The van der Waals surface area contributed by atoms with Crippen molar-refractivity contribution in [3.63, 3.8) is 0 Å². The second-order valence-electron chi connectivity index (χ2n) is 8.12. The molecule has 9 heteroatoms. The quantitative estimate of drug-likeness (QED) is 0.459. The molecule has 3 heterocycles. The SMILES string of the molecule is CC(C)(C)n1ncc2c(=O)[nH]c(NCc3cccc(NC(=O)c4ccncc4)c3)nc21. The van der Waals surface area contributed by atoms with Gasteiger partial charge in [0.15, 0.2) is 5.65 Å². The Balaban J connectivity index is 1.51. The molecule has 0 unspecified atom stereocenters. The van der Waals surface area contributed by atoms with E-state index in [2.05, 4.69) is 30.7 Å². The molecule has 0 atom stereocenters. The third kappa shape index (κ3) is 4.45. The summed E-state index contributed by atoms with van der Waals surface area (Å²) in [6, 6.07) is 10.8. The third-order valence-corrected chi connectivity index (χ3v) is 4.66. The van der Waals surface area contributed by atoms with Gasteiger partial charge in [-0.2, -0.15) is 10.1 Å². The first kappa shape index (κ1) is 20.3. The van der Waals surface area contributed by atoms with Gasteiger partial charge in [-0.25, -0.2) is 4.68 Å². The molecule has 1 amide bonds. The standard InChI is InChI=1S/C22H23N7O2/c1-22(2,3)29-18-17(13-25-29)20(31)28-21(27-18)24-12-14-5-4-6-16(11-14)26-19(30)15-7-9-23-10-8-15/h4-11,13H,12H2,1-3H3,(H,26,30)(H2,24,27,28,31). The molecule has 0 bridgehead atoms. The highest BCUT2D eigenvalue weighted by atomic mass is 16.1. The van der Waals surface area contributed by atoms with Gasteiger partial charge in [0.25, 0.3) is 11.5 Å². The number of nitrogens with zero attached hydrogens (tertiary/aromatic N) is 4. The molecule has 158 valence electrons. The van der Waals surface area contributed by atoms with Gasteiger partial charge in [-0.3, -0.25) is 19.6 Å². The minimum atomic E-state index is -0.304. The molecule has 0 fully saturated rings. The Morgan fingerprint density at radius 2 is 1.94 bits per heavy atom. The molecule has 9 nitrogen and oxygen atoms in total. The van der Waals surface area contributed by atoms with Crippen molar-refractivity contribution >= 4 is 28.6 Å². The van der Waals surface area contributed by atoms with Gasteiger partial charge in [0.2, 0.25) is 5.95 Å².